The minimum Gasteiger partial charge on any atom is -0.310 e. The highest BCUT2D eigenvalue weighted by Gasteiger charge is 2.10. The predicted octanol–water partition coefficient (Wildman–Crippen LogP) is 1.76. The van der Waals surface area contributed by atoms with Crippen LogP contribution in [0.15, 0.2) is 41.3 Å². The van der Waals surface area contributed by atoms with Gasteiger partial charge in [0.2, 0.25) is 0 Å². The average Bonchev–Trinajstić information content (AvgIpc) is 2.43. The molecule has 0 aliphatic carbocycles. The summed E-state index contributed by atoms with van der Waals surface area (Å²) in [5.74, 6) is 0. The summed E-state index contributed by atoms with van der Waals surface area (Å²) in [6.07, 6.45) is 1.31. The van der Waals surface area contributed by atoms with Crippen LogP contribution in [0.4, 0.5) is 0 Å². The van der Waals surface area contributed by atoms with Crippen LogP contribution in [-0.2, 0) is 6.54 Å². The normalized spacial score (nSPS) is 9.58. The first-order chi connectivity index (χ1) is 9.19. The Hall–Kier alpha value is -2.70. The Morgan fingerprint density at radius 3 is 2.47 bits per heavy atom. The summed E-state index contributed by atoms with van der Waals surface area (Å²) in [7, 11) is 0. The Kier molecular flexibility index (Phi) is 3.56. The van der Waals surface area contributed by atoms with E-state index in [2.05, 4.69) is 0 Å². The van der Waals surface area contributed by atoms with Gasteiger partial charge in [-0.15, -0.1) is 0 Å². The van der Waals surface area contributed by atoms with Crippen molar-refractivity contribution in [2.45, 2.75) is 6.54 Å². The molecule has 0 saturated carbocycles. The summed E-state index contributed by atoms with van der Waals surface area (Å²) in [6, 6.07) is 12.6. The summed E-state index contributed by atoms with van der Waals surface area (Å²) >= 11 is 5.20. The van der Waals surface area contributed by atoms with E-state index in [1.807, 2.05) is 18.2 Å². The van der Waals surface area contributed by atoms with Gasteiger partial charge in [-0.1, -0.05) is 18.2 Å². The molecule has 0 amide bonds. The van der Waals surface area contributed by atoms with Gasteiger partial charge in [-0.3, -0.25) is 9.36 Å². The van der Waals surface area contributed by atoms with Crippen molar-refractivity contribution in [3.63, 3.8) is 0 Å². The highest BCUT2D eigenvalue weighted by Crippen LogP contribution is 2.06. The van der Waals surface area contributed by atoms with Gasteiger partial charge >= 0.3 is 0 Å². The van der Waals surface area contributed by atoms with Gasteiger partial charge < -0.3 is 4.57 Å². The van der Waals surface area contributed by atoms with Crippen molar-refractivity contribution in [1.82, 2.24) is 9.13 Å². The molecule has 19 heavy (non-hydrogen) atoms. The average molecular weight is 268 g/mol. The molecule has 0 atom stereocenters. The van der Waals surface area contributed by atoms with E-state index in [1.165, 1.54) is 15.3 Å². The molecular formula is C13H8N4OS. The van der Waals surface area contributed by atoms with E-state index in [9.17, 15) is 4.79 Å². The van der Waals surface area contributed by atoms with Crippen molar-refractivity contribution in [3.05, 3.63) is 57.2 Å². The van der Waals surface area contributed by atoms with Gasteiger partial charge in [-0.25, -0.2) is 0 Å². The molecule has 0 radical (unpaired) electrons. The SMILES string of the molecule is N#CCn1cc(C#N)c(=O)n(-c2ccccc2)c1=S. The highest BCUT2D eigenvalue weighted by molar-refractivity contribution is 7.71. The third-order valence-corrected chi connectivity index (χ3v) is 2.95. The first kappa shape index (κ1) is 12.7. The van der Waals surface area contributed by atoms with Gasteiger partial charge in [0.15, 0.2) is 4.77 Å². The third-order valence-electron chi connectivity index (χ3n) is 2.53. The minimum atomic E-state index is -0.479. The maximum Gasteiger partial charge on any atom is 0.276 e. The van der Waals surface area contributed by atoms with Crippen LogP contribution < -0.4 is 5.56 Å². The van der Waals surface area contributed by atoms with E-state index >= 15 is 0 Å². The van der Waals surface area contributed by atoms with Crippen LogP contribution in [0, 0.1) is 27.4 Å². The van der Waals surface area contributed by atoms with Crippen LogP contribution in [0.3, 0.4) is 0 Å². The number of aromatic nitrogens is 2. The molecule has 0 spiro atoms. The molecule has 1 heterocycles. The first-order valence-electron chi connectivity index (χ1n) is 5.38. The number of para-hydroxylation sites is 1. The molecule has 0 unspecified atom stereocenters. The van der Waals surface area contributed by atoms with Crippen LogP contribution in [0.1, 0.15) is 5.56 Å². The van der Waals surface area contributed by atoms with E-state index in [4.69, 9.17) is 22.7 Å². The summed E-state index contributed by atoms with van der Waals surface area (Å²) in [5.41, 5.74) is 0.0434. The van der Waals surface area contributed by atoms with Crippen molar-refractivity contribution in [1.29, 1.82) is 10.5 Å². The Balaban J connectivity index is 2.85. The van der Waals surface area contributed by atoms with Crippen molar-refractivity contribution in [2.75, 3.05) is 0 Å². The molecule has 1 aromatic carbocycles. The van der Waals surface area contributed by atoms with E-state index < -0.39 is 5.56 Å². The zero-order valence-electron chi connectivity index (χ0n) is 9.78. The second-order valence-corrected chi connectivity index (χ2v) is 4.06. The summed E-state index contributed by atoms with van der Waals surface area (Å²) in [6.45, 7) is -0.0133. The molecule has 0 fully saturated rings. The molecule has 92 valence electrons. The van der Waals surface area contributed by atoms with Crippen LogP contribution in [0.25, 0.3) is 5.69 Å². The van der Waals surface area contributed by atoms with Gasteiger partial charge in [0.05, 0.1) is 11.8 Å². The molecule has 5 nitrogen and oxygen atoms in total. The molecule has 0 bridgehead atoms. The lowest BCUT2D eigenvalue weighted by Crippen LogP contribution is -2.25. The third kappa shape index (κ3) is 2.30. The van der Waals surface area contributed by atoms with Crippen LogP contribution in [-0.4, -0.2) is 9.13 Å². The van der Waals surface area contributed by atoms with Gasteiger partial charge in [0.1, 0.15) is 18.2 Å². The van der Waals surface area contributed by atoms with E-state index in [1.54, 1.807) is 24.3 Å². The zero-order valence-corrected chi connectivity index (χ0v) is 10.6. The lowest BCUT2D eigenvalue weighted by atomic mass is 10.3. The number of nitrogens with zero attached hydrogens (tertiary/aromatic N) is 4. The van der Waals surface area contributed by atoms with E-state index in [0.29, 0.717) is 5.69 Å². The largest absolute Gasteiger partial charge is 0.310 e. The fourth-order valence-electron chi connectivity index (χ4n) is 1.67. The van der Waals surface area contributed by atoms with Gasteiger partial charge in [0, 0.05) is 6.20 Å². The van der Waals surface area contributed by atoms with Crippen molar-refractivity contribution in [2.24, 2.45) is 0 Å². The maximum absolute atomic E-state index is 12.2. The highest BCUT2D eigenvalue weighted by atomic mass is 32.1. The van der Waals surface area contributed by atoms with E-state index in [0.717, 1.165) is 0 Å². The molecule has 0 aliphatic rings. The number of benzene rings is 1. The van der Waals surface area contributed by atoms with Gasteiger partial charge in [-0.05, 0) is 24.4 Å². The van der Waals surface area contributed by atoms with Crippen LogP contribution in [0.2, 0.25) is 0 Å². The molecular weight excluding hydrogens is 260 g/mol. The quantitative estimate of drug-likeness (QED) is 0.778. The Morgan fingerprint density at radius 1 is 1.21 bits per heavy atom. The number of rotatable bonds is 2. The number of nitriles is 2. The van der Waals surface area contributed by atoms with Crippen LogP contribution >= 0.6 is 12.2 Å². The number of hydrogen-bond donors (Lipinski definition) is 0. The van der Waals surface area contributed by atoms with E-state index in [-0.39, 0.29) is 16.9 Å². The summed E-state index contributed by atoms with van der Waals surface area (Å²) in [4.78, 5) is 12.2. The molecule has 2 rings (SSSR count). The molecule has 0 saturated heterocycles. The second-order valence-electron chi connectivity index (χ2n) is 3.70. The van der Waals surface area contributed by atoms with Gasteiger partial charge in [-0.2, -0.15) is 10.5 Å². The summed E-state index contributed by atoms with van der Waals surface area (Å²) < 4.78 is 2.85. The lowest BCUT2D eigenvalue weighted by molar-refractivity contribution is 0.725. The first-order valence-corrected chi connectivity index (χ1v) is 5.79. The zero-order chi connectivity index (χ0) is 13.8. The van der Waals surface area contributed by atoms with Crippen LogP contribution in [0.5, 0.6) is 0 Å². The van der Waals surface area contributed by atoms with Crippen molar-refractivity contribution >= 4 is 12.2 Å². The smallest absolute Gasteiger partial charge is 0.276 e. The molecule has 6 heteroatoms. The Morgan fingerprint density at radius 2 is 1.89 bits per heavy atom. The predicted molar refractivity (Wildman–Crippen MR) is 71.2 cm³/mol. The minimum absolute atomic E-state index is 0.0133. The topological polar surface area (TPSA) is 74.5 Å². The lowest BCUT2D eigenvalue weighted by Gasteiger charge is -2.10. The fourth-order valence-corrected chi connectivity index (χ4v) is 1.98. The monoisotopic (exact) mass is 268 g/mol. The number of hydrogen-bond acceptors (Lipinski definition) is 4. The molecule has 0 aliphatic heterocycles. The molecule has 0 N–H and O–H groups in total. The van der Waals surface area contributed by atoms with Crippen molar-refractivity contribution < 1.29 is 0 Å². The summed E-state index contributed by atoms with van der Waals surface area (Å²) in [5, 5.41) is 17.7. The molecule has 2 aromatic rings. The second kappa shape index (κ2) is 5.30. The molecule has 1 aromatic heterocycles. The van der Waals surface area contributed by atoms with Gasteiger partial charge in [0.25, 0.3) is 5.56 Å². The standard InChI is InChI=1S/C13H8N4OS/c14-6-7-16-9-10(8-15)12(18)17(13(16)19)11-4-2-1-3-5-11/h1-5,9H,7H2. The maximum atomic E-state index is 12.2. The Bertz CT molecular complexity index is 806. The fraction of sp³-hybridized carbons (Fsp3) is 0.0769. The van der Waals surface area contributed by atoms with Crippen molar-refractivity contribution in [3.8, 4) is 17.8 Å². The Labute approximate surface area is 114 Å².